The average molecular weight is 310 g/mol. The molecule has 0 aliphatic heterocycles. The normalized spacial score (nSPS) is 24.1. The summed E-state index contributed by atoms with van der Waals surface area (Å²) in [5.41, 5.74) is 0. The number of thiophene rings is 1. The predicted molar refractivity (Wildman–Crippen MR) is 84.4 cm³/mol. The van der Waals surface area contributed by atoms with E-state index in [9.17, 15) is 0 Å². The first kappa shape index (κ1) is 14.2. The standard InChI is InChI=1S/C16H20ClNOS/c1-11-4-5-12(9-11)10-18-16(13-3-2-8-19-13)14-6-7-15(17)20-14/h2-3,6-8,11-12,16,18H,4-5,9-10H2,1H3. The fourth-order valence-corrected chi connectivity index (χ4v) is 4.22. The summed E-state index contributed by atoms with van der Waals surface area (Å²) in [4.78, 5) is 1.22. The summed E-state index contributed by atoms with van der Waals surface area (Å²) >= 11 is 7.69. The van der Waals surface area contributed by atoms with Gasteiger partial charge in [-0.15, -0.1) is 11.3 Å². The van der Waals surface area contributed by atoms with Gasteiger partial charge in [-0.3, -0.25) is 0 Å². The van der Waals surface area contributed by atoms with Gasteiger partial charge in [-0.25, -0.2) is 0 Å². The smallest absolute Gasteiger partial charge is 0.126 e. The molecule has 1 aliphatic carbocycles. The van der Waals surface area contributed by atoms with Crippen LogP contribution in [0, 0.1) is 11.8 Å². The molecule has 108 valence electrons. The third-order valence-electron chi connectivity index (χ3n) is 4.12. The van der Waals surface area contributed by atoms with Crippen LogP contribution in [0.25, 0.3) is 0 Å². The molecule has 0 amide bonds. The minimum absolute atomic E-state index is 0.124. The van der Waals surface area contributed by atoms with Crippen molar-refractivity contribution < 1.29 is 4.42 Å². The summed E-state index contributed by atoms with van der Waals surface area (Å²) in [6.07, 6.45) is 5.77. The van der Waals surface area contributed by atoms with Crippen LogP contribution in [0.15, 0.2) is 34.9 Å². The van der Waals surface area contributed by atoms with Gasteiger partial charge in [0.15, 0.2) is 0 Å². The predicted octanol–water partition coefficient (Wildman–Crippen LogP) is 5.11. The highest BCUT2D eigenvalue weighted by atomic mass is 35.5. The van der Waals surface area contributed by atoms with Crippen molar-refractivity contribution in [2.24, 2.45) is 11.8 Å². The van der Waals surface area contributed by atoms with Crippen LogP contribution in [0.2, 0.25) is 4.34 Å². The van der Waals surface area contributed by atoms with Gasteiger partial charge in [0, 0.05) is 4.88 Å². The number of nitrogens with one attached hydrogen (secondary N) is 1. The number of hydrogen-bond donors (Lipinski definition) is 1. The van der Waals surface area contributed by atoms with Crippen LogP contribution in [0.5, 0.6) is 0 Å². The Hall–Kier alpha value is -0.770. The van der Waals surface area contributed by atoms with Crippen molar-refractivity contribution in [2.75, 3.05) is 6.54 Å². The monoisotopic (exact) mass is 309 g/mol. The van der Waals surface area contributed by atoms with Crippen molar-refractivity contribution in [3.05, 3.63) is 45.5 Å². The van der Waals surface area contributed by atoms with Crippen LogP contribution in [0.3, 0.4) is 0 Å². The van der Waals surface area contributed by atoms with Gasteiger partial charge in [-0.2, -0.15) is 0 Å². The van der Waals surface area contributed by atoms with Crippen LogP contribution in [-0.4, -0.2) is 6.54 Å². The highest BCUT2D eigenvalue weighted by Gasteiger charge is 2.24. The third-order valence-corrected chi connectivity index (χ3v) is 5.42. The van der Waals surface area contributed by atoms with Gasteiger partial charge in [-0.05, 0) is 55.5 Å². The van der Waals surface area contributed by atoms with Gasteiger partial charge in [0.2, 0.25) is 0 Å². The van der Waals surface area contributed by atoms with Gasteiger partial charge >= 0.3 is 0 Å². The Morgan fingerprint density at radius 2 is 2.30 bits per heavy atom. The highest BCUT2D eigenvalue weighted by Crippen LogP contribution is 2.33. The lowest BCUT2D eigenvalue weighted by atomic mass is 10.1. The molecule has 1 saturated carbocycles. The Morgan fingerprint density at radius 1 is 1.40 bits per heavy atom. The highest BCUT2D eigenvalue weighted by molar-refractivity contribution is 7.16. The van der Waals surface area contributed by atoms with E-state index in [0.29, 0.717) is 0 Å². The Labute approximate surface area is 129 Å². The first-order valence-corrected chi connectivity index (χ1v) is 8.44. The Bertz CT molecular complexity index is 536. The fourth-order valence-electron chi connectivity index (χ4n) is 3.08. The Kier molecular flexibility index (Phi) is 4.49. The Morgan fingerprint density at radius 3 is 2.90 bits per heavy atom. The van der Waals surface area contributed by atoms with Gasteiger partial charge in [-0.1, -0.05) is 24.9 Å². The molecule has 3 unspecified atom stereocenters. The first-order valence-electron chi connectivity index (χ1n) is 7.24. The maximum atomic E-state index is 6.07. The van der Waals surface area contributed by atoms with E-state index >= 15 is 0 Å². The summed E-state index contributed by atoms with van der Waals surface area (Å²) in [5, 5.41) is 3.67. The summed E-state index contributed by atoms with van der Waals surface area (Å²) in [7, 11) is 0. The van der Waals surface area contributed by atoms with Crippen LogP contribution < -0.4 is 5.32 Å². The Balaban J connectivity index is 1.70. The zero-order chi connectivity index (χ0) is 13.9. The molecule has 1 aliphatic rings. The molecule has 1 fully saturated rings. The van der Waals surface area contributed by atoms with Gasteiger partial charge in [0.05, 0.1) is 10.6 Å². The molecule has 3 rings (SSSR count). The molecule has 0 aromatic carbocycles. The molecule has 2 aromatic heterocycles. The quantitative estimate of drug-likeness (QED) is 0.830. The van der Waals surface area contributed by atoms with Crippen molar-refractivity contribution in [1.82, 2.24) is 5.32 Å². The molecule has 0 saturated heterocycles. The zero-order valence-corrected chi connectivity index (χ0v) is 13.2. The van der Waals surface area contributed by atoms with Crippen molar-refractivity contribution in [3.8, 4) is 0 Å². The van der Waals surface area contributed by atoms with Crippen LogP contribution in [0.4, 0.5) is 0 Å². The minimum Gasteiger partial charge on any atom is -0.467 e. The first-order chi connectivity index (χ1) is 9.72. The molecule has 2 heterocycles. The molecule has 0 radical (unpaired) electrons. The molecular weight excluding hydrogens is 290 g/mol. The maximum Gasteiger partial charge on any atom is 0.126 e. The van der Waals surface area contributed by atoms with E-state index in [1.54, 1.807) is 17.6 Å². The van der Waals surface area contributed by atoms with E-state index in [4.69, 9.17) is 16.0 Å². The summed E-state index contributed by atoms with van der Waals surface area (Å²) in [6.45, 7) is 3.40. The largest absolute Gasteiger partial charge is 0.467 e. The van der Waals surface area contributed by atoms with E-state index in [-0.39, 0.29) is 6.04 Å². The van der Waals surface area contributed by atoms with E-state index in [1.165, 1.54) is 24.1 Å². The second-order valence-electron chi connectivity index (χ2n) is 5.78. The van der Waals surface area contributed by atoms with Crippen molar-refractivity contribution >= 4 is 22.9 Å². The number of hydrogen-bond acceptors (Lipinski definition) is 3. The SMILES string of the molecule is CC1CCC(CNC(c2ccco2)c2ccc(Cl)s2)C1. The van der Waals surface area contributed by atoms with Crippen LogP contribution >= 0.6 is 22.9 Å². The zero-order valence-electron chi connectivity index (χ0n) is 11.6. The van der Waals surface area contributed by atoms with Crippen LogP contribution in [-0.2, 0) is 0 Å². The summed E-state index contributed by atoms with van der Waals surface area (Å²) in [6, 6.07) is 8.14. The second-order valence-corrected chi connectivity index (χ2v) is 7.53. The molecule has 3 atom stereocenters. The van der Waals surface area contributed by atoms with Crippen molar-refractivity contribution in [1.29, 1.82) is 0 Å². The molecule has 20 heavy (non-hydrogen) atoms. The van der Waals surface area contributed by atoms with E-state index in [2.05, 4.69) is 18.3 Å². The molecule has 0 spiro atoms. The average Bonchev–Trinajstić information content (AvgIpc) is 3.13. The van der Waals surface area contributed by atoms with Crippen molar-refractivity contribution in [3.63, 3.8) is 0 Å². The lowest BCUT2D eigenvalue weighted by Crippen LogP contribution is -2.26. The number of furan rings is 1. The molecule has 2 nitrogen and oxygen atoms in total. The topological polar surface area (TPSA) is 25.2 Å². The van der Waals surface area contributed by atoms with Gasteiger partial charge in [0.25, 0.3) is 0 Å². The molecule has 2 aromatic rings. The second kappa shape index (κ2) is 6.33. The van der Waals surface area contributed by atoms with E-state index in [1.807, 2.05) is 18.2 Å². The molecule has 4 heteroatoms. The van der Waals surface area contributed by atoms with Crippen molar-refractivity contribution in [2.45, 2.75) is 32.2 Å². The van der Waals surface area contributed by atoms with E-state index < -0.39 is 0 Å². The summed E-state index contributed by atoms with van der Waals surface area (Å²) < 4.78 is 6.42. The molecular formula is C16H20ClNOS. The molecule has 1 N–H and O–H groups in total. The lowest BCUT2D eigenvalue weighted by molar-refractivity contribution is 0.407. The fraction of sp³-hybridized carbons (Fsp3) is 0.500. The van der Waals surface area contributed by atoms with Gasteiger partial charge in [0.1, 0.15) is 11.8 Å². The minimum atomic E-state index is 0.124. The lowest BCUT2D eigenvalue weighted by Gasteiger charge is -2.18. The molecule has 0 bridgehead atoms. The maximum absolute atomic E-state index is 6.07. The van der Waals surface area contributed by atoms with E-state index in [0.717, 1.165) is 28.5 Å². The third kappa shape index (κ3) is 3.27. The summed E-state index contributed by atoms with van der Waals surface area (Å²) in [5.74, 6) is 2.63. The number of rotatable bonds is 5. The number of halogens is 1. The van der Waals surface area contributed by atoms with Gasteiger partial charge < -0.3 is 9.73 Å². The van der Waals surface area contributed by atoms with Crippen LogP contribution in [0.1, 0.15) is 42.9 Å².